The van der Waals surface area contributed by atoms with Gasteiger partial charge >= 0.3 is 0 Å². The van der Waals surface area contributed by atoms with Crippen LogP contribution in [0.1, 0.15) is 19.4 Å². The number of guanidine groups is 1. The minimum atomic E-state index is 0.236. The molecule has 94 valence electrons. The molecule has 17 heavy (non-hydrogen) atoms. The van der Waals surface area contributed by atoms with E-state index in [0.29, 0.717) is 0 Å². The first-order chi connectivity index (χ1) is 8.13. The molecule has 1 rings (SSSR count). The second kappa shape index (κ2) is 6.91. The molecule has 0 radical (unpaired) electrons. The normalized spacial score (nSPS) is 11.7. The molecule has 3 N–H and O–H groups in total. The van der Waals surface area contributed by atoms with Gasteiger partial charge in [0.1, 0.15) is 0 Å². The van der Waals surface area contributed by atoms with Gasteiger partial charge in [0.2, 0.25) is 5.96 Å². The van der Waals surface area contributed by atoms with E-state index in [-0.39, 0.29) is 6.04 Å². The lowest BCUT2D eigenvalue weighted by Crippen LogP contribution is -2.44. The molecule has 0 amide bonds. The second-order valence-corrected chi connectivity index (χ2v) is 4.35. The molecule has 0 aliphatic heterocycles. The van der Waals surface area contributed by atoms with E-state index in [1.807, 2.05) is 31.9 Å². The Bertz CT molecular complexity index is 346. The van der Waals surface area contributed by atoms with Gasteiger partial charge in [-0.3, -0.25) is 5.43 Å². The van der Waals surface area contributed by atoms with Crippen LogP contribution >= 0.6 is 0 Å². The summed E-state index contributed by atoms with van der Waals surface area (Å²) >= 11 is 0. The topological polar surface area (TPSA) is 53.6 Å². The molecule has 0 saturated heterocycles. The fraction of sp³-hybridized carbons (Fsp3) is 0.462. The summed E-state index contributed by atoms with van der Waals surface area (Å²) in [6.45, 7) is 4.95. The van der Waals surface area contributed by atoms with Crippen molar-refractivity contribution in [3.63, 3.8) is 0 Å². The Labute approximate surface area is 104 Å². The Morgan fingerprint density at radius 1 is 1.35 bits per heavy atom. The van der Waals surface area contributed by atoms with Gasteiger partial charge in [0, 0.05) is 19.6 Å². The smallest absolute Gasteiger partial charge is 0.208 e. The van der Waals surface area contributed by atoms with Crippen LogP contribution in [0.15, 0.2) is 35.3 Å². The summed E-state index contributed by atoms with van der Waals surface area (Å²) in [5.74, 6) is 6.20. The second-order valence-electron chi connectivity index (χ2n) is 4.35. The number of hydrazine groups is 1. The van der Waals surface area contributed by atoms with Crippen LogP contribution in [0.5, 0.6) is 0 Å². The Kier molecular flexibility index (Phi) is 5.49. The summed E-state index contributed by atoms with van der Waals surface area (Å²) in [7, 11) is 1.99. The summed E-state index contributed by atoms with van der Waals surface area (Å²) in [6.07, 6.45) is 0.982. The van der Waals surface area contributed by atoms with Gasteiger partial charge in [-0.1, -0.05) is 30.3 Å². The number of aliphatic imine (C=N–C) groups is 1. The third-order valence-electron chi connectivity index (χ3n) is 2.45. The molecule has 0 heterocycles. The first kappa shape index (κ1) is 13.5. The molecule has 0 aliphatic carbocycles. The zero-order chi connectivity index (χ0) is 12.7. The Morgan fingerprint density at radius 3 is 2.53 bits per heavy atom. The van der Waals surface area contributed by atoms with Crippen LogP contribution in [-0.4, -0.2) is 30.5 Å². The molecular formula is C13H22N4. The average molecular weight is 234 g/mol. The first-order valence-electron chi connectivity index (χ1n) is 5.93. The standard InChI is InChI=1S/C13H22N4/c1-11(2)15-13(16-14)17(3)10-9-12-7-5-4-6-8-12/h4-8,11H,9-10,14H2,1-3H3,(H,15,16). The highest BCUT2D eigenvalue weighted by atomic mass is 15.4. The predicted molar refractivity (Wildman–Crippen MR) is 72.7 cm³/mol. The largest absolute Gasteiger partial charge is 0.345 e. The van der Waals surface area contributed by atoms with Gasteiger partial charge in [-0.2, -0.15) is 0 Å². The Morgan fingerprint density at radius 2 is 2.00 bits per heavy atom. The van der Waals surface area contributed by atoms with Crippen molar-refractivity contribution >= 4 is 5.96 Å². The van der Waals surface area contributed by atoms with Crippen molar-refractivity contribution in [2.45, 2.75) is 26.3 Å². The molecule has 0 unspecified atom stereocenters. The monoisotopic (exact) mass is 234 g/mol. The third-order valence-corrected chi connectivity index (χ3v) is 2.45. The van der Waals surface area contributed by atoms with Crippen molar-refractivity contribution in [3.05, 3.63) is 35.9 Å². The zero-order valence-electron chi connectivity index (χ0n) is 10.9. The molecule has 4 heteroatoms. The zero-order valence-corrected chi connectivity index (χ0v) is 10.9. The van der Waals surface area contributed by atoms with Gasteiger partial charge in [-0.15, -0.1) is 0 Å². The van der Waals surface area contributed by atoms with Crippen LogP contribution in [0.4, 0.5) is 0 Å². The number of nitrogens with two attached hydrogens (primary N) is 1. The summed E-state index contributed by atoms with van der Waals surface area (Å²) in [5.41, 5.74) is 3.97. The highest BCUT2D eigenvalue weighted by Crippen LogP contribution is 2.01. The Hall–Kier alpha value is -1.55. The van der Waals surface area contributed by atoms with Crippen molar-refractivity contribution in [3.8, 4) is 0 Å². The quantitative estimate of drug-likeness (QED) is 0.358. The highest BCUT2D eigenvalue weighted by Gasteiger charge is 2.05. The van der Waals surface area contributed by atoms with Crippen molar-refractivity contribution in [2.75, 3.05) is 13.6 Å². The first-order valence-corrected chi connectivity index (χ1v) is 5.93. The molecule has 0 bridgehead atoms. The number of hydrogen-bond acceptors (Lipinski definition) is 2. The summed E-state index contributed by atoms with van der Waals surface area (Å²) in [6, 6.07) is 10.6. The van der Waals surface area contributed by atoms with Gasteiger partial charge in [-0.05, 0) is 25.8 Å². The molecule has 0 atom stereocenters. The van der Waals surface area contributed by atoms with Gasteiger partial charge in [0.25, 0.3) is 0 Å². The van der Waals surface area contributed by atoms with Gasteiger partial charge in [-0.25, -0.2) is 10.8 Å². The Balaban J connectivity index is 2.51. The lowest BCUT2D eigenvalue weighted by atomic mass is 10.1. The van der Waals surface area contributed by atoms with E-state index in [2.05, 4.69) is 34.7 Å². The number of benzene rings is 1. The van der Waals surface area contributed by atoms with E-state index in [1.54, 1.807) is 0 Å². The van der Waals surface area contributed by atoms with E-state index in [4.69, 9.17) is 5.84 Å². The summed E-state index contributed by atoms with van der Waals surface area (Å²) in [5, 5.41) is 0. The van der Waals surface area contributed by atoms with Crippen LogP contribution in [0.25, 0.3) is 0 Å². The van der Waals surface area contributed by atoms with Gasteiger partial charge in [0.05, 0.1) is 0 Å². The molecule has 0 spiro atoms. The van der Waals surface area contributed by atoms with Crippen LogP contribution < -0.4 is 11.3 Å². The lowest BCUT2D eigenvalue weighted by molar-refractivity contribution is 0.482. The van der Waals surface area contributed by atoms with Crippen molar-refractivity contribution in [1.82, 2.24) is 10.3 Å². The molecule has 0 aromatic heterocycles. The van der Waals surface area contributed by atoms with E-state index >= 15 is 0 Å². The highest BCUT2D eigenvalue weighted by molar-refractivity contribution is 5.79. The van der Waals surface area contributed by atoms with Crippen LogP contribution in [-0.2, 0) is 6.42 Å². The van der Waals surface area contributed by atoms with Crippen molar-refractivity contribution in [1.29, 1.82) is 0 Å². The SMILES string of the molecule is CC(C)N=C(NN)N(C)CCc1ccccc1. The van der Waals surface area contributed by atoms with Gasteiger partial charge in [0.15, 0.2) is 0 Å². The van der Waals surface area contributed by atoms with Gasteiger partial charge < -0.3 is 4.90 Å². The fourth-order valence-corrected chi connectivity index (χ4v) is 1.54. The van der Waals surface area contributed by atoms with Crippen LogP contribution in [0.3, 0.4) is 0 Å². The van der Waals surface area contributed by atoms with E-state index in [0.717, 1.165) is 18.9 Å². The molecule has 0 aliphatic rings. The summed E-state index contributed by atoms with van der Waals surface area (Å²) in [4.78, 5) is 6.45. The van der Waals surface area contributed by atoms with E-state index in [9.17, 15) is 0 Å². The van der Waals surface area contributed by atoms with Crippen molar-refractivity contribution < 1.29 is 0 Å². The number of likely N-dealkylation sites (N-methyl/N-ethyl adjacent to an activating group) is 1. The number of nitrogens with one attached hydrogen (secondary N) is 1. The lowest BCUT2D eigenvalue weighted by Gasteiger charge is -2.21. The van der Waals surface area contributed by atoms with E-state index < -0.39 is 0 Å². The van der Waals surface area contributed by atoms with Crippen LogP contribution in [0.2, 0.25) is 0 Å². The molecule has 0 fully saturated rings. The molecule has 1 aromatic carbocycles. The minimum Gasteiger partial charge on any atom is -0.345 e. The van der Waals surface area contributed by atoms with E-state index in [1.165, 1.54) is 5.56 Å². The maximum atomic E-state index is 5.47. The maximum Gasteiger partial charge on any atom is 0.208 e. The average Bonchev–Trinajstić information content (AvgIpc) is 2.34. The number of nitrogens with zero attached hydrogens (tertiary/aromatic N) is 2. The summed E-state index contributed by atoms with van der Waals surface area (Å²) < 4.78 is 0. The predicted octanol–water partition coefficient (Wildman–Crippen LogP) is 1.39. The maximum absolute atomic E-state index is 5.47. The van der Waals surface area contributed by atoms with Crippen molar-refractivity contribution in [2.24, 2.45) is 10.8 Å². The molecular weight excluding hydrogens is 212 g/mol. The fourth-order valence-electron chi connectivity index (χ4n) is 1.54. The number of rotatable bonds is 4. The molecule has 4 nitrogen and oxygen atoms in total. The molecule has 0 saturated carbocycles. The van der Waals surface area contributed by atoms with Crippen LogP contribution in [0, 0.1) is 0 Å². The minimum absolute atomic E-state index is 0.236. The number of hydrogen-bond donors (Lipinski definition) is 2. The molecule has 1 aromatic rings. The third kappa shape index (κ3) is 4.87.